The van der Waals surface area contributed by atoms with Crippen molar-refractivity contribution in [3.05, 3.63) is 59.2 Å². The number of anilines is 2. The number of benzene rings is 2. The van der Waals surface area contributed by atoms with Gasteiger partial charge in [-0.05, 0) is 49.7 Å². The highest BCUT2D eigenvalue weighted by molar-refractivity contribution is 7.15. The number of morpholine rings is 1. The van der Waals surface area contributed by atoms with E-state index in [0.717, 1.165) is 43.0 Å². The molecule has 182 valence electrons. The molecule has 0 aliphatic carbocycles. The second-order valence-corrected chi connectivity index (χ2v) is 9.67. The summed E-state index contributed by atoms with van der Waals surface area (Å²) in [6.07, 6.45) is 0. The Labute approximate surface area is 209 Å². The molecule has 7 nitrogen and oxygen atoms in total. The van der Waals surface area contributed by atoms with Gasteiger partial charge in [0.05, 0.1) is 39.0 Å². The van der Waals surface area contributed by atoms with Crippen LogP contribution in [0.4, 0.5) is 11.5 Å². The van der Waals surface area contributed by atoms with E-state index in [2.05, 4.69) is 63.5 Å². The highest BCUT2D eigenvalue weighted by Gasteiger charge is 2.16. The number of thiophene rings is 1. The molecule has 0 amide bonds. The van der Waals surface area contributed by atoms with Crippen molar-refractivity contribution in [2.24, 2.45) is 0 Å². The van der Waals surface area contributed by atoms with E-state index in [1.165, 1.54) is 21.0 Å². The Morgan fingerprint density at radius 3 is 2.40 bits per heavy atom. The SMILES string of the molecule is COc1cc2nc(C)nc(NC(C)c3ccc(-c4ccc(N5CCOCC5)cc4)s3)c2cc1OC. The lowest BCUT2D eigenvalue weighted by atomic mass is 10.1. The first-order valence-electron chi connectivity index (χ1n) is 11.8. The molecule has 1 unspecified atom stereocenters. The number of rotatable bonds is 7. The molecule has 4 aromatic rings. The zero-order chi connectivity index (χ0) is 24.4. The number of hydrogen-bond acceptors (Lipinski definition) is 8. The maximum absolute atomic E-state index is 5.50. The maximum atomic E-state index is 5.50. The van der Waals surface area contributed by atoms with Gasteiger partial charge in [-0.1, -0.05) is 12.1 Å². The number of fused-ring (bicyclic) bond motifs is 1. The van der Waals surface area contributed by atoms with E-state index in [-0.39, 0.29) is 6.04 Å². The molecule has 1 saturated heterocycles. The number of aryl methyl sites for hydroxylation is 1. The predicted molar refractivity (Wildman–Crippen MR) is 142 cm³/mol. The van der Waals surface area contributed by atoms with E-state index in [1.807, 2.05) is 19.1 Å². The van der Waals surface area contributed by atoms with Crippen LogP contribution in [-0.4, -0.2) is 50.5 Å². The highest BCUT2D eigenvalue weighted by Crippen LogP contribution is 2.37. The molecular weight excluding hydrogens is 460 g/mol. The van der Waals surface area contributed by atoms with Gasteiger partial charge in [-0.25, -0.2) is 9.97 Å². The summed E-state index contributed by atoms with van der Waals surface area (Å²) in [7, 11) is 3.26. The second-order valence-electron chi connectivity index (χ2n) is 8.56. The molecule has 5 rings (SSSR count). The third kappa shape index (κ3) is 4.90. The highest BCUT2D eigenvalue weighted by atomic mass is 32.1. The molecule has 2 aromatic heterocycles. The lowest BCUT2D eigenvalue weighted by Gasteiger charge is -2.28. The first-order valence-corrected chi connectivity index (χ1v) is 12.6. The summed E-state index contributed by atoms with van der Waals surface area (Å²) in [4.78, 5) is 14.1. The van der Waals surface area contributed by atoms with Crippen LogP contribution in [0.1, 0.15) is 23.7 Å². The Morgan fingerprint density at radius 2 is 1.69 bits per heavy atom. The predicted octanol–water partition coefficient (Wildman–Crippen LogP) is 5.69. The molecule has 0 spiro atoms. The smallest absolute Gasteiger partial charge is 0.162 e. The molecule has 0 saturated carbocycles. The molecule has 0 radical (unpaired) electrons. The van der Waals surface area contributed by atoms with E-state index in [0.29, 0.717) is 17.3 Å². The Bertz CT molecular complexity index is 1320. The molecule has 1 aliphatic heterocycles. The van der Waals surface area contributed by atoms with Crippen LogP contribution in [0.25, 0.3) is 21.3 Å². The van der Waals surface area contributed by atoms with Gasteiger partial charge in [-0.3, -0.25) is 0 Å². The summed E-state index contributed by atoms with van der Waals surface area (Å²) in [6.45, 7) is 7.53. The van der Waals surface area contributed by atoms with Gasteiger partial charge in [0.1, 0.15) is 11.6 Å². The normalized spacial score (nSPS) is 14.7. The summed E-state index contributed by atoms with van der Waals surface area (Å²) in [5.74, 6) is 2.79. The van der Waals surface area contributed by atoms with Crippen molar-refractivity contribution in [2.75, 3.05) is 50.7 Å². The minimum Gasteiger partial charge on any atom is -0.493 e. The molecule has 1 aliphatic rings. The molecule has 1 fully saturated rings. The lowest BCUT2D eigenvalue weighted by molar-refractivity contribution is 0.122. The average Bonchev–Trinajstić information content (AvgIpc) is 3.39. The standard InChI is InChI=1S/C27H30N4O3S/c1-17(28-27-21-15-23(32-3)24(33-4)16-22(21)29-18(2)30-27)25-9-10-26(35-25)19-5-7-20(8-6-19)31-11-13-34-14-12-31/h5-10,15-17H,11-14H2,1-4H3,(H,28,29,30). The molecule has 1 N–H and O–H groups in total. The summed E-state index contributed by atoms with van der Waals surface area (Å²) in [5.41, 5.74) is 3.30. The van der Waals surface area contributed by atoms with Gasteiger partial charge in [-0.2, -0.15) is 0 Å². The minimum absolute atomic E-state index is 0.0759. The van der Waals surface area contributed by atoms with Crippen LogP contribution in [0, 0.1) is 6.92 Å². The van der Waals surface area contributed by atoms with Gasteiger partial charge in [0.25, 0.3) is 0 Å². The van der Waals surface area contributed by atoms with Crippen LogP contribution in [0.3, 0.4) is 0 Å². The van der Waals surface area contributed by atoms with Crippen molar-refractivity contribution in [1.29, 1.82) is 0 Å². The van der Waals surface area contributed by atoms with E-state index >= 15 is 0 Å². The summed E-state index contributed by atoms with van der Waals surface area (Å²) < 4.78 is 16.4. The summed E-state index contributed by atoms with van der Waals surface area (Å²) in [5, 5.41) is 4.49. The van der Waals surface area contributed by atoms with E-state index in [1.54, 1.807) is 25.6 Å². The van der Waals surface area contributed by atoms with Gasteiger partial charge >= 0.3 is 0 Å². The van der Waals surface area contributed by atoms with Gasteiger partial charge in [0.15, 0.2) is 11.5 Å². The average molecular weight is 491 g/mol. The van der Waals surface area contributed by atoms with E-state index in [4.69, 9.17) is 14.2 Å². The van der Waals surface area contributed by atoms with Crippen molar-refractivity contribution in [3.8, 4) is 21.9 Å². The van der Waals surface area contributed by atoms with Crippen LogP contribution >= 0.6 is 11.3 Å². The third-order valence-corrected chi connectivity index (χ3v) is 7.56. The summed E-state index contributed by atoms with van der Waals surface area (Å²) in [6, 6.07) is 17.1. The number of aromatic nitrogens is 2. The Kier molecular flexibility index (Phi) is 6.74. The largest absolute Gasteiger partial charge is 0.493 e. The van der Waals surface area contributed by atoms with Crippen LogP contribution < -0.4 is 19.7 Å². The van der Waals surface area contributed by atoms with Gasteiger partial charge in [0.2, 0.25) is 0 Å². The van der Waals surface area contributed by atoms with E-state index < -0.39 is 0 Å². The fourth-order valence-electron chi connectivity index (χ4n) is 4.36. The molecular formula is C27H30N4O3S. The zero-order valence-electron chi connectivity index (χ0n) is 20.5. The van der Waals surface area contributed by atoms with Crippen molar-refractivity contribution >= 4 is 33.7 Å². The van der Waals surface area contributed by atoms with E-state index in [9.17, 15) is 0 Å². The van der Waals surface area contributed by atoms with Crippen LogP contribution in [-0.2, 0) is 4.74 Å². The first-order chi connectivity index (χ1) is 17.1. The quantitative estimate of drug-likeness (QED) is 0.357. The molecule has 2 aromatic carbocycles. The van der Waals surface area contributed by atoms with Crippen LogP contribution in [0.5, 0.6) is 11.5 Å². The number of nitrogens with zero attached hydrogens (tertiary/aromatic N) is 3. The molecule has 1 atom stereocenters. The minimum atomic E-state index is 0.0759. The van der Waals surface area contributed by atoms with Crippen molar-refractivity contribution < 1.29 is 14.2 Å². The zero-order valence-corrected chi connectivity index (χ0v) is 21.3. The number of nitrogens with one attached hydrogen (secondary N) is 1. The lowest BCUT2D eigenvalue weighted by Crippen LogP contribution is -2.36. The second kappa shape index (κ2) is 10.1. The maximum Gasteiger partial charge on any atom is 0.162 e. The van der Waals surface area contributed by atoms with Crippen molar-refractivity contribution in [1.82, 2.24) is 9.97 Å². The topological polar surface area (TPSA) is 68.7 Å². The molecule has 8 heteroatoms. The number of ether oxygens (including phenoxy) is 3. The van der Waals surface area contributed by atoms with Crippen molar-refractivity contribution in [2.45, 2.75) is 19.9 Å². The molecule has 35 heavy (non-hydrogen) atoms. The van der Waals surface area contributed by atoms with Gasteiger partial charge in [0, 0.05) is 40.0 Å². The van der Waals surface area contributed by atoms with Crippen LogP contribution in [0.2, 0.25) is 0 Å². The van der Waals surface area contributed by atoms with Gasteiger partial charge < -0.3 is 24.4 Å². The Hall–Kier alpha value is -3.36. The number of hydrogen-bond donors (Lipinski definition) is 1. The summed E-state index contributed by atoms with van der Waals surface area (Å²) >= 11 is 1.79. The molecule has 0 bridgehead atoms. The Morgan fingerprint density at radius 1 is 0.971 bits per heavy atom. The fraction of sp³-hybridized carbons (Fsp3) is 0.333. The monoisotopic (exact) mass is 490 g/mol. The first kappa shape index (κ1) is 23.4. The molecule has 3 heterocycles. The fourth-order valence-corrected chi connectivity index (χ4v) is 5.37. The Balaban J connectivity index is 1.37. The number of methoxy groups -OCH3 is 2. The van der Waals surface area contributed by atoms with Crippen molar-refractivity contribution in [3.63, 3.8) is 0 Å². The third-order valence-electron chi connectivity index (χ3n) is 6.25. The van der Waals surface area contributed by atoms with Gasteiger partial charge in [-0.15, -0.1) is 11.3 Å². The van der Waals surface area contributed by atoms with Crippen LogP contribution in [0.15, 0.2) is 48.5 Å².